The standard InChI is InChI=1S/C17H26N4O3S/c1-14-2-4-16(5-3-14)25(23,24)21-10-8-19(9-11-21)13-17(22)20-7-6-15(18)12-20/h2-5,15H,6-13,18H2,1H3/t15-/m1/s1. The Morgan fingerprint density at radius 3 is 2.32 bits per heavy atom. The first-order valence-electron chi connectivity index (χ1n) is 8.69. The third-order valence-electron chi connectivity index (χ3n) is 4.93. The van der Waals surface area contributed by atoms with Gasteiger partial charge in [-0.05, 0) is 25.5 Å². The Hall–Kier alpha value is -1.48. The summed E-state index contributed by atoms with van der Waals surface area (Å²) >= 11 is 0. The summed E-state index contributed by atoms with van der Waals surface area (Å²) in [7, 11) is -3.46. The van der Waals surface area contributed by atoms with Gasteiger partial charge in [0, 0.05) is 45.3 Å². The number of hydrogen-bond acceptors (Lipinski definition) is 5. The highest BCUT2D eigenvalue weighted by Crippen LogP contribution is 2.18. The molecule has 2 N–H and O–H groups in total. The van der Waals surface area contributed by atoms with Crippen molar-refractivity contribution in [3.05, 3.63) is 29.8 Å². The summed E-state index contributed by atoms with van der Waals surface area (Å²) in [6, 6.07) is 7.00. The molecule has 7 nitrogen and oxygen atoms in total. The number of nitrogens with zero attached hydrogens (tertiary/aromatic N) is 3. The summed E-state index contributed by atoms with van der Waals surface area (Å²) in [4.78, 5) is 16.4. The van der Waals surface area contributed by atoms with Crippen LogP contribution in [0.4, 0.5) is 0 Å². The van der Waals surface area contributed by atoms with Crippen LogP contribution in [-0.2, 0) is 14.8 Å². The Morgan fingerprint density at radius 1 is 1.12 bits per heavy atom. The quantitative estimate of drug-likeness (QED) is 0.802. The summed E-state index contributed by atoms with van der Waals surface area (Å²) in [5.74, 6) is 0.0859. The zero-order chi connectivity index (χ0) is 18.0. The lowest BCUT2D eigenvalue weighted by atomic mass is 10.2. The second-order valence-electron chi connectivity index (χ2n) is 6.88. The van der Waals surface area contributed by atoms with Gasteiger partial charge >= 0.3 is 0 Å². The topological polar surface area (TPSA) is 87.0 Å². The summed E-state index contributed by atoms with van der Waals surface area (Å²) in [6.45, 7) is 5.56. The SMILES string of the molecule is Cc1ccc(S(=O)(=O)N2CCN(CC(=O)N3CC[C@@H](N)C3)CC2)cc1. The Bertz CT molecular complexity index is 712. The van der Waals surface area contributed by atoms with Crippen molar-refractivity contribution < 1.29 is 13.2 Å². The lowest BCUT2D eigenvalue weighted by molar-refractivity contribution is -0.131. The Kier molecular flexibility index (Phi) is 5.43. The maximum absolute atomic E-state index is 12.7. The van der Waals surface area contributed by atoms with Gasteiger partial charge in [0.05, 0.1) is 11.4 Å². The van der Waals surface area contributed by atoms with Gasteiger partial charge < -0.3 is 10.6 Å². The number of rotatable bonds is 4. The van der Waals surface area contributed by atoms with Gasteiger partial charge in [0.15, 0.2) is 0 Å². The number of piperazine rings is 1. The number of amides is 1. The van der Waals surface area contributed by atoms with E-state index in [1.165, 1.54) is 4.31 Å². The van der Waals surface area contributed by atoms with E-state index in [1.54, 1.807) is 17.0 Å². The lowest BCUT2D eigenvalue weighted by Gasteiger charge is -2.34. The van der Waals surface area contributed by atoms with Gasteiger partial charge in [-0.2, -0.15) is 4.31 Å². The molecule has 25 heavy (non-hydrogen) atoms. The molecule has 2 aliphatic heterocycles. The highest BCUT2D eigenvalue weighted by atomic mass is 32.2. The molecule has 138 valence electrons. The molecule has 0 spiro atoms. The van der Waals surface area contributed by atoms with E-state index in [2.05, 4.69) is 0 Å². The number of aryl methyl sites for hydroxylation is 1. The van der Waals surface area contributed by atoms with Gasteiger partial charge in [-0.25, -0.2) is 8.42 Å². The van der Waals surface area contributed by atoms with E-state index in [1.807, 2.05) is 24.0 Å². The van der Waals surface area contributed by atoms with Crippen LogP contribution in [-0.4, -0.2) is 80.3 Å². The predicted octanol–water partition coefficient (Wildman–Crippen LogP) is -0.139. The van der Waals surface area contributed by atoms with Crippen LogP contribution >= 0.6 is 0 Å². The zero-order valence-corrected chi connectivity index (χ0v) is 15.4. The van der Waals surface area contributed by atoms with Crippen LogP contribution < -0.4 is 5.73 Å². The van der Waals surface area contributed by atoms with E-state index in [9.17, 15) is 13.2 Å². The molecule has 1 aromatic carbocycles. The largest absolute Gasteiger partial charge is 0.340 e. The molecule has 0 bridgehead atoms. The molecule has 2 aliphatic rings. The van der Waals surface area contributed by atoms with E-state index in [0.717, 1.165) is 18.5 Å². The van der Waals surface area contributed by atoms with Crippen molar-refractivity contribution in [3.8, 4) is 0 Å². The van der Waals surface area contributed by atoms with E-state index >= 15 is 0 Å². The number of sulfonamides is 1. The molecule has 0 radical (unpaired) electrons. The first kappa shape index (κ1) is 18.3. The molecule has 2 saturated heterocycles. The fourth-order valence-electron chi connectivity index (χ4n) is 3.29. The van der Waals surface area contributed by atoms with Crippen LogP contribution in [0.25, 0.3) is 0 Å². The molecule has 2 fully saturated rings. The average Bonchev–Trinajstić information content (AvgIpc) is 3.02. The Balaban J connectivity index is 1.54. The van der Waals surface area contributed by atoms with Crippen molar-refractivity contribution in [3.63, 3.8) is 0 Å². The fraction of sp³-hybridized carbons (Fsp3) is 0.588. The number of nitrogens with two attached hydrogens (primary N) is 1. The summed E-state index contributed by atoms with van der Waals surface area (Å²) in [5.41, 5.74) is 6.88. The molecule has 2 heterocycles. The fourth-order valence-corrected chi connectivity index (χ4v) is 4.71. The normalized spacial score (nSPS) is 23.1. The van der Waals surface area contributed by atoms with Crippen LogP contribution in [0.3, 0.4) is 0 Å². The van der Waals surface area contributed by atoms with Crippen molar-refractivity contribution in [1.29, 1.82) is 0 Å². The molecule has 0 unspecified atom stereocenters. The molecule has 0 aliphatic carbocycles. The molecule has 0 saturated carbocycles. The number of carbonyl (C=O) groups excluding carboxylic acids is 1. The van der Waals surface area contributed by atoms with Crippen LogP contribution in [0, 0.1) is 6.92 Å². The van der Waals surface area contributed by atoms with Gasteiger partial charge in [-0.3, -0.25) is 9.69 Å². The van der Waals surface area contributed by atoms with Gasteiger partial charge in [-0.1, -0.05) is 17.7 Å². The van der Waals surface area contributed by atoms with Crippen LogP contribution in [0.5, 0.6) is 0 Å². The summed E-state index contributed by atoms with van der Waals surface area (Å²) < 4.78 is 26.9. The van der Waals surface area contributed by atoms with E-state index in [4.69, 9.17) is 5.73 Å². The molecule has 1 atom stereocenters. The molecule has 8 heteroatoms. The molecular weight excluding hydrogens is 340 g/mol. The molecule has 0 aromatic heterocycles. The maximum atomic E-state index is 12.7. The number of benzene rings is 1. The van der Waals surface area contributed by atoms with Crippen molar-refractivity contribution in [1.82, 2.24) is 14.1 Å². The summed E-state index contributed by atoms with van der Waals surface area (Å²) in [5, 5.41) is 0. The predicted molar refractivity (Wildman–Crippen MR) is 95.6 cm³/mol. The van der Waals surface area contributed by atoms with Crippen molar-refractivity contribution >= 4 is 15.9 Å². The Morgan fingerprint density at radius 2 is 1.76 bits per heavy atom. The highest BCUT2D eigenvalue weighted by Gasteiger charge is 2.30. The first-order valence-corrected chi connectivity index (χ1v) is 10.1. The van der Waals surface area contributed by atoms with E-state index in [0.29, 0.717) is 44.2 Å². The van der Waals surface area contributed by atoms with Crippen LogP contribution in [0.15, 0.2) is 29.2 Å². The van der Waals surface area contributed by atoms with E-state index < -0.39 is 10.0 Å². The third kappa shape index (κ3) is 4.20. The zero-order valence-electron chi connectivity index (χ0n) is 14.6. The smallest absolute Gasteiger partial charge is 0.243 e. The van der Waals surface area contributed by atoms with Gasteiger partial charge in [0.2, 0.25) is 15.9 Å². The van der Waals surface area contributed by atoms with Gasteiger partial charge in [0.25, 0.3) is 0 Å². The second kappa shape index (κ2) is 7.41. The van der Waals surface area contributed by atoms with Crippen molar-refractivity contribution in [2.75, 3.05) is 45.8 Å². The van der Waals surface area contributed by atoms with Crippen LogP contribution in [0.1, 0.15) is 12.0 Å². The minimum absolute atomic E-state index is 0.0837. The highest BCUT2D eigenvalue weighted by molar-refractivity contribution is 7.89. The van der Waals surface area contributed by atoms with Crippen molar-refractivity contribution in [2.24, 2.45) is 5.73 Å². The monoisotopic (exact) mass is 366 g/mol. The maximum Gasteiger partial charge on any atom is 0.243 e. The van der Waals surface area contributed by atoms with Crippen LogP contribution in [0.2, 0.25) is 0 Å². The van der Waals surface area contributed by atoms with E-state index in [-0.39, 0.29) is 11.9 Å². The summed E-state index contributed by atoms with van der Waals surface area (Å²) in [6.07, 6.45) is 0.855. The average molecular weight is 366 g/mol. The molecular formula is C17H26N4O3S. The Labute approximate surface area is 149 Å². The second-order valence-corrected chi connectivity index (χ2v) is 8.82. The van der Waals surface area contributed by atoms with Crippen molar-refractivity contribution in [2.45, 2.75) is 24.3 Å². The third-order valence-corrected chi connectivity index (χ3v) is 6.84. The van der Waals surface area contributed by atoms with Gasteiger partial charge in [0.1, 0.15) is 0 Å². The number of hydrogen-bond donors (Lipinski definition) is 1. The minimum Gasteiger partial charge on any atom is -0.340 e. The molecule has 3 rings (SSSR count). The first-order chi connectivity index (χ1) is 11.9. The molecule has 1 amide bonds. The molecule has 1 aromatic rings. The minimum atomic E-state index is -3.46. The number of likely N-dealkylation sites (tertiary alicyclic amines) is 1. The number of carbonyl (C=O) groups is 1. The van der Waals surface area contributed by atoms with Gasteiger partial charge in [-0.15, -0.1) is 0 Å². The lowest BCUT2D eigenvalue weighted by Crippen LogP contribution is -2.51.